The molecule has 0 N–H and O–H groups in total. The maximum absolute atomic E-state index is 0. The molecule has 0 aliphatic heterocycles. The van der Waals surface area contributed by atoms with Gasteiger partial charge in [-0.25, -0.2) is 0 Å². The van der Waals surface area contributed by atoms with Crippen molar-refractivity contribution >= 4 is 10.1 Å². The zero-order chi connectivity index (χ0) is 0. The van der Waals surface area contributed by atoms with Gasteiger partial charge in [0.1, 0.15) is 0 Å². The SMILES string of the molecule is [Be+2].[O-2].[O-2].[O-2].[Zr+4]. The normalized spacial score (nSPS) is 0. The first kappa shape index (κ1) is 166. The van der Waals surface area contributed by atoms with Crippen LogP contribution >= 0.6 is 0 Å². The minimum absolute atomic E-state index is 0. The molecule has 0 saturated carbocycles. The minimum atomic E-state index is 0. The van der Waals surface area contributed by atoms with Crippen LogP contribution in [-0.4, -0.2) is 10.1 Å². The van der Waals surface area contributed by atoms with Crippen LogP contribution < -0.4 is 0 Å². The molecule has 0 bridgehead atoms. The van der Waals surface area contributed by atoms with E-state index in [0.717, 1.165) is 0 Å². The molecule has 0 spiro atoms. The Morgan fingerprint density at radius 3 is 0.600 bits per heavy atom. The van der Waals surface area contributed by atoms with Crippen molar-refractivity contribution in [1.29, 1.82) is 0 Å². The van der Waals surface area contributed by atoms with Gasteiger partial charge in [-0.2, -0.15) is 0 Å². The third-order valence-electron chi connectivity index (χ3n) is 0. The van der Waals surface area contributed by atoms with Crippen LogP contribution in [0.25, 0.3) is 0 Å². The maximum Gasteiger partial charge on any atom is 4.00 e. The molecule has 3 nitrogen and oxygen atoms in total. The number of hydrogen-bond donors (Lipinski definition) is 0. The standard InChI is InChI=1S/Be.3O.Zr/q+2;3*-2;+4. The van der Waals surface area contributed by atoms with Crippen LogP contribution in [-0.2, 0) is 42.6 Å². The largest absolute Gasteiger partial charge is 4.00 e. The van der Waals surface area contributed by atoms with Crippen LogP contribution in [0, 0.1) is 0 Å². The van der Waals surface area contributed by atoms with Crippen molar-refractivity contribution in [2.24, 2.45) is 0 Å². The van der Waals surface area contributed by atoms with Gasteiger partial charge in [0.2, 0.25) is 0 Å². The molecule has 0 saturated heterocycles. The van der Waals surface area contributed by atoms with Crippen LogP contribution in [0.4, 0.5) is 0 Å². The van der Waals surface area contributed by atoms with Crippen LogP contribution in [0.1, 0.15) is 0 Å². The first-order valence-electron chi connectivity index (χ1n) is 0. The predicted octanol–water partition coefficient (Wildman–Crippen LogP) is -0.740. The average Bonchev–Trinajstić information content (AvgIpc) is 0. The van der Waals surface area contributed by atoms with Crippen molar-refractivity contribution in [2.75, 3.05) is 0 Å². The van der Waals surface area contributed by atoms with E-state index in [1.807, 2.05) is 0 Å². The maximum atomic E-state index is 0. The third kappa shape index (κ3) is 48.8. The fraction of sp³-hybridized carbons (Fsp3) is 0. The second-order valence-electron chi connectivity index (χ2n) is 0. The van der Waals surface area contributed by atoms with E-state index in [-0.39, 0.29) is 52.8 Å². The molecule has 0 rings (SSSR count). The summed E-state index contributed by atoms with van der Waals surface area (Å²) in [5.41, 5.74) is 0. The summed E-state index contributed by atoms with van der Waals surface area (Å²) in [6.45, 7) is 0. The molecule has 0 aromatic rings. The third-order valence-corrected chi connectivity index (χ3v) is 0. The zero-order valence-electron chi connectivity index (χ0n) is 2.43. The van der Waals surface area contributed by atoms with Crippen LogP contribution in [0.15, 0.2) is 0 Å². The molecule has 0 aliphatic carbocycles. The van der Waals surface area contributed by atoms with E-state index in [9.17, 15) is 0 Å². The van der Waals surface area contributed by atoms with Gasteiger partial charge >= 0.3 is 36.3 Å². The van der Waals surface area contributed by atoms with Crippen LogP contribution in [0.5, 0.6) is 0 Å². The van der Waals surface area contributed by atoms with Gasteiger partial charge < -0.3 is 16.4 Å². The first-order valence-corrected chi connectivity index (χ1v) is 0. The summed E-state index contributed by atoms with van der Waals surface area (Å²) in [5, 5.41) is 0. The second kappa shape index (κ2) is 87.8. The van der Waals surface area contributed by atoms with E-state index >= 15 is 0 Å². The molecular weight excluding hydrogens is 148 g/mol. The van der Waals surface area contributed by atoms with Crippen molar-refractivity contribution in [3.63, 3.8) is 0 Å². The fourth-order valence-electron chi connectivity index (χ4n) is 0. The second-order valence-corrected chi connectivity index (χ2v) is 0. The summed E-state index contributed by atoms with van der Waals surface area (Å²) in [4.78, 5) is 0. The van der Waals surface area contributed by atoms with E-state index in [1.165, 1.54) is 0 Å². The van der Waals surface area contributed by atoms with Gasteiger partial charge in [0.25, 0.3) is 0 Å². The summed E-state index contributed by atoms with van der Waals surface area (Å²) in [7, 11) is 0. The smallest absolute Gasteiger partial charge is 2.00 e. The summed E-state index contributed by atoms with van der Waals surface area (Å²) in [5.74, 6) is 0. The fourth-order valence-corrected chi connectivity index (χ4v) is 0. The summed E-state index contributed by atoms with van der Waals surface area (Å²) >= 11 is 0. The Kier molecular flexibility index (Phi) is 2920. The molecule has 0 aromatic carbocycles. The molecule has 5 heavy (non-hydrogen) atoms. The zero-order valence-corrected chi connectivity index (χ0v) is 4.89. The first-order chi connectivity index (χ1) is 0. The van der Waals surface area contributed by atoms with Crippen molar-refractivity contribution in [3.05, 3.63) is 0 Å². The molecule has 5 heteroatoms. The van der Waals surface area contributed by atoms with Gasteiger partial charge in [0.05, 0.1) is 0 Å². The van der Waals surface area contributed by atoms with Gasteiger partial charge in [-0.15, -0.1) is 0 Å². The molecule has 0 radical (unpaired) electrons. The Morgan fingerprint density at radius 2 is 0.600 bits per heavy atom. The van der Waals surface area contributed by atoms with E-state index in [1.54, 1.807) is 0 Å². The molecule has 0 atom stereocenters. The van der Waals surface area contributed by atoms with Gasteiger partial charge in [0, 0.05) is 0 Å². The number of hydrogen-bond acceptors (Lipinski definition) is 0. The Morgan fingerprint density at radius 1 is 0.600 bits per heavy atom. The van der Waals surface area contributed by atoms with Gasteiger partial charge in [-0.05, 0) is 0 Å². The van der Waals surface area contributed by atoms with Gasteiger partial charge in [-0.1, -0.05) is 0 Å². The predicted molar refractivity (Wildman–Crippen MR) is 7.81 cm³/mol. The molecule has 0 unspecified atom stereocenters. The minimum Gasteiger partial charge on any atom is -2.00 e. The monoisotopic (exact) mass is 147 g/mol. The molecular formula is BeO3Zr. The van der Waals surface area contributed by atoms with Crippen LogP contribution in [0.2, 0.25) is 0 Å². The Labute approximate surface area is 53.0 Å². The van der Waals surface area contributed by atoms with E-state index < -0.39 is 0 Å². The Bertz CT molecular complexity index is 6.85. The Balaban J connectivity index is 0. The van der Waals surface area contributed by atoms with Crippen molar-refractivity contribution in [3.8, 4) is 0 Å². The number of rotatable bonds is 0. The molecule has 0 aromatic heterocycles. The topological polar surface area (TPSA) is 85.5 Å². The summed E-state index contributed by atoms with van der Waals surface area (Å²) < 4.78 is 0. The van der Waals surface area contributed by atoms with Crippen molar-refractivity contribution < 1.29 is 42.6 Å². The van der Waals surface area contributed by atoms with Gasteiger partial charge in [0.15, 0.2) is 0 Å². The van der Waals surface area contributed by atoms with Crippen molar-refractivity contribution in [1.82, 2.24) is 0 Å². The summed E-state index contributed by atoms with van der Waals surface area (Å²) in [6, 6.07) is 0. The molecule has 0 heterocycles. The molecule has 0 fully saturated rings. The molecule has 0 aliphatic rings. The van der Waals surface area contributed by atoms with E-state index in [0.29, 0.717) is 0 Å². The van der Waals surface area contributed by atoms with Crippen LogP contribution in [0.3, 0.4) is 0 Å². The van der Waals surface area contributed by atoms with Crippen molar-refractivity contribution in [2.45, 2.75) is 0 Å². The summed E-state index contributed by atoms with van der Waals surface area (Å²) in [6.07, 6.45) is 0. The Hall–Kier alpha value is 0.932. The van der Waals surface area contributed by atoms with E-state index in [2.05, 4.69) is 0 Å². The van der Waals surface area contributed by atoms with E-state index in [4.69, 9.17) is 0 Å². The molecule has 24 valence electrons. The van der Waals surface area contributed by atoms with Gasteiger partial charge in [-0.3, -0.25) is 0 Å². The molecule has 0 amide bonds. The quantitative estimate of drug-likeness (QED) is 0.405. The average molecular weight is 148 g/mol.